The summed E-state index contributed by atoms with van der Waals surface area (Å²) in [6, 6.07) is 1.64. The summed E-state index contributed by atoms with van der Waals surface area (Å²) >= 11 is 0. The zero-order valence-corrected chi connectivity index (χ0v) is 20.3. The minimum absolute atomic E-state index is 0.0293. The van der Waals surface area contributed by atoms with Crippen molar-refractivity contribution in [2.24, 2.45) is 10.8 Å². The van der Waals surface area contributed by atoms with Crippen molar-refractivity contribution < 1.29 is 42.0 Å². The van der Waals surface area contributed by atoms with Crippen molar-refractivity contribution in [3.63, 3.8) is 0 Å². The Balaban J connectivity index is 1.82. The van der Waals surface area contributed by atoms with Crippen LogP contribution in [0.2, 0.25) is 0 Å². The van der Waals surface area contributed by atoms with Crippen LogP contribution in [0.25, 0.3) is 0 Å². The lowest BCUT2D eigenvalue weighted by Crippen LogP contribution is -2.50. The summed E-state index contributed by atoms with van der Waals surface area (Å²) in [5.74, 6) is -1.36. The largest absolute Gasteiger partial charge is 0.478 e. The lowest BCUT2D eigenvalue weighted by molar-refractivity contribution is -0.163. The number of nitrogens with zero attached hydrogens (tertiary/aromatic N) is 2. The Hall–Kier alpha value is -2.40. The van der Waals surface area contributed by atoms with Crippen LogP contribution in [0.3, 0.4) is 0 Å². The number of aromatic nitrogens is 2. The van der Waals surface area contributed by atoms with Crippen LogP contribution in [0, 0.1) is 10.8 Å². The Morgan fingerprint density at radius 3 is 2.52 bits per heavy atom. The van der Waals surface area contributed by atoms with Crippen LogP contribution < -0.4 is 5.32 Å². The third-order valence-corrected chi connectivity index (χ3v) is 5.74. The summed E-state index contributed by atoms with van der Waals surface area (Å²) in [4.78, 5) is 44.2. The molecule has 0 radical (unpaired) electrons. The molecule has 1 N–H and O–H groups in total. The van der Waals surface area contributed by atoms with E-state index >= 15 is 0 Å². The van der Waals surface area contributed by atoms with Gasteiger partial charge in [0.25, 0.3) is 0 Å². The predicted octanol–water partition coefficient (Wildman–Crippen LogP) is 2.14. The molecule has 0 saturated carbocycles. The molecule has 1 unspecified atom stereocenters. The highest BCUT2D eigenvalue weighted by Crippen LogP contribution is 2.57. The zero-order chi connectivity index (χ0) is 24.7. The first-order chi connectivity index (χ1) is 15.3. The van der Waals surface area contributed by atoms with Gasteiger partial charge in [0, 0.05) is 24.4 Å². The first kappa shape index (κ1) is 26.8. The topological polar surface area (TPSA) is 152 Å². The van der Waals surface area contributed by atoms with E-state index in [-0.39, 0.29) is 26.2 Å². The molecule has 0 spiro atoms. The molecule has 1 aromatic rings. The summed E-state index contributed by atoms with van der Waals surface area (Å²) in [5, 5.41) is 2.56. The Kier molecular flexibility index (Phi) is 9.07. The van der Waals surface area contributed by atoms with Crippen LogP contribution in [0.4, 0.5) is 0 Å². The van der Waals surface area contributed by atoms with E-state index in [0.717, 1.165) is 0 Å². The molecule has 1 saturated heterocycles. The van der Waals surface area contributed by atoms with Crippen molar-refractivity contribution >= 4 is 25.7 Å². The van der Waals surface area contributed by atoms with Crippen LogP contribution in [0.5, 0.6) is 0 Å². The Bertz CT molecular complexity index is 887. The molecule has 1 fully saturated rings. The second-order valence-corrected chi connectivity index (χ2v) is 10.6. The number of rotatable bonds is 9. The van der Waals surface area contributed by atoms with E-state index in [2.05, 4.69) is 15.3 Å². The molecule has 2 atom stereocenters. The molecule has 0 aromatic carbocycles. The van der Waals surface area contributed by atoms with E-state index in [0.29, 0.717) is 5.82 Å². The molecule has 1 amide bonds. The summed E-state index contributed by atoms with van der Waals surface area (Å²) in [6.07, 6.45) is 1.77. The van der Waals surface area contributed by atoms with Crippen LogP contribution in [0.15, 0.2) is 18.5 Å². The molecule has 33 heavy (non-hydrogen) atoms. The summed E-state index contributed by atoms with van der Waals surface area (Å²) in [7, 11) is -4.15. The minimum atomic E-state index is -4.15. The van der Waals surface area contributed by atoms with Gasteiger partial charge in [-0.05, 0) is 26.8 Å². The lowest BCUT2D eigenvalue weighted by Gasteiger charge is -2.39. The smallest absolute Gasteiger partial charge is 0.457 e. The van der Waals surface area contributed by atoms with Crippen molar-refractivity contribution in [3.8, 4) is 0 Å². The molecular formula is C20H30N3O9P. The average Bonchev–Trinajstić information content (AvgIpc) is 2.74. The number of esters is 2. The fourth-order valence-corrected chi connectivity index (χ4v) is 3.97. The zero-order valence-electron chi connectivity index (χ0n) is 19.4. The van der Waals surface area contributed by atoms with E-state index in [9.17, 15) is 18.9 Å². The van der Waals surface area contributed by atoms with Gasteiger partial charge in [-0.15, -0.1) is 0 Å². The lowest BCUT2D eigenvalue weighted by atomic mass is 9.87. The standard InChI is InChI=1S/C20H30N3O9P/c1-19(2,3)18(26)29-13-31-33(27)30-12-20(4,5)16(32-33)17(25)23-10-7-15(24)28-11-14-21-8-6-9-22-14/h6,8-9,16H,7,10-13H2,1-5H3,(H,23,25)/t16-,33?/m0/s1. The summed E-state index contributed by atoms with van der Waals surface area (Å²) < 4.78 is 38.3. The fourth-order valence-electron chi connectivity index (χ4n) is 2.46. The highest BCUT2D eigenvalue weighted by Gasteiger charge is 2.49. The number of carbonyl (C=O) groups is 3. The van der Waals surface area contributed by atoms with Gasteiger partial charge in [0.05, 0.1) is 18.4 Å². The number of hydrogen-bond acceptors (Lipinski definition) is 11. The molecule has 1 aromatic heterocycles. The van der Waals surface area contributed by atoms with Gasteiger partial charge in [0.1, 0.15) is 0 Å². The highest BCUT2D eigenvalue weighted by atomic mass is 31.2. The SMILES string of the molecule is CC(C)(C)C(=O)OCOP1(=O)OCC(C)(C)[C@H](C(=O)NCCC(=O)OCc2ncccn2)O1. The molecule has 184 valence electrons. The van der Waals surface area contributed by atoms with Gasteiger partial charge in [-0.1, -0.05) is 13.8 Å². The summed E-state index contributed by atoms with van der Waals surface area (Å²) in [5.41, 5.74) is -1.61. The van der Waals surface area contributed by atoms with Gasteiger partial charge in [-0.2, -0.15) is 0 Å². The van der Waals surface area contributed by atoms with E-state index in [4.69, 9.17) is 23.0 Å². The maximum atomic E-state index is 12.7. The van der Waals surface area contributed by atoms with Gasteiger partial charge in [0.15, 0.2) is 18.5 Å². The molecule has 13 heteroatoms. The van der Waals surface area contributed by atoms with Crippen LogP contribution in [-0.4, -0.2) is 53.9 Å². The van der Waals surface area contributed by atoms with Crippen LogP contribution in [0.1, 0.15) is 46.9 Å². The van der Waals surface area contributed by atoms with Crippen molar-refractivity contribution in [3.05, 3.63) is 24.3 Å². The number of carbonyl (C=O) groups excluding carboxylic acids is 3. The third kappa shape index (κ3) is 8.47. The summed E-state index contributed by atoms with van der Waals surface area (Å²) in [6.45, 7) is 7.47. The van der Waals surface area contributed by atoms with Crippen molar-refractivity contribution in [1.82, 2.24) is 15.3 Å². The Labute approximate surface area is 192 Å². The molecule has 1 aliphatic rings. The van der Waals surface area contributed by atoms with E-state index in [1.54, 1.807) is 40.7 Å². The van der Waals surface area contributed by atoms with E-state index < -0.39 is 49.4 Å². The Morgan fingerprint density at radius 1 is 1.21 bits per heavy atom. The number of phosphoric ester groups is 1. The first-order valence-corrected chi connectivity index (χ1v) is 11.7. The third-order valence-electron chi connectivity index (χ3n) is 4.40. The predicted molar refractivity (Wildman–Crippen MR) is 113 cm³/mol. The number of ether oxygens (including phenoxy) is 2. The normalized spacial score (nSPS) is 22.3. The number of hydrogen-bond donors (Lipinski definition) is 1. The quantitative estimate of drug-likeness (QED) is 0.310. The second-order valence-electron chi connectivity index (χ2n) is 8.99. The van der Waals surface area contributed by atoms with Crippen molar-refractivity contribution in [2.45, 2.75) is 53.8 Å². The fraction of sp³-hybridized carbons (Fsp3) is 0.650. The maximum Gasteiger partial charge on any atom is 0.478 e. The molecule has 2 heterocycles. The van der Waals surface area contributed by atoms with Gasteiger partial charge in [-0.25, -0.2) is 19.1 Å². The number of nitrogens with one attached hydrogen (secondary N) is 1. The Morgan fingerprint density at radius 2 is 1.88 bits per heavy atom. The van der Waals surface area contributed by atoms with Gasteiger partial charge >= 0.3 is 19.8 Å². The number of amides is 1. The van der Waals surface area contributed by atoms with Crippen LogP contribution in [-0.2, 0) is 48.6 Å². The van der Waals surface area contributed by atoms with Gasteiger partial charge in [0.2, 0.25) is 12.7 Å². The monoisotopic (exact) mass is 487 g/mol. The maximum absolute atomic E-state index is 12.7. The second kappa shape index (κ2) is 11.1. The van der Waals surface area contributed by atoms with Gasteiger partial charge < -0.3 is 14.8 Å². The van der Waals surface area contributed by atoms with Crippen molar-refractivity contribution in [1.29, 1.82) is 0 Å². The van der Waals surface area contributed by atoms with E-state index in [1.807, 2.05) is 0 Å². The van der Waals surface area contributed by atoms with E-state index in [1.165, 1.54) is 12.4 Å². The number of phosphoric acid groups is 1. The molecule has 1 aliphatic heterocycles. The minimum Gasteiger partial charge on any atom is -0.457 e. The molecule has 2 rings (SSSR count). The van der Waals surface area contributed by atoms with Crippen LogP contribution >= 0.6 is 7.82 Å². The molecular weight excluding hydrogens is 457 g/mol. The highest BCUT2D eigenvalue weighted by molar-refractivity contribution is 7.48. The van der Waals surface area contributed by atoms with Gasteiger partial charge in [-0.3, -0.25) is 23.4 Å². The first-order valence-electron chi connectivity index (χ1n) is 10.3. The molecule has 12 nitrogen and oxygen atoms in total. The van der Waals surface area contributed by atoms with Crippen molar-refractivity contribution in [2.75, 3.05) is 19.9 Å². The molecule has 0 aliphatic carbocycles. The average molecular weight is 487 g/mol. The molecule has 0 bridgehead atoms.